The summed E-state index contributed by atoms with van der Waals surface area (Å²) in [5.41, 5.74) is 27.6. The average Bonchev–Trinajstić information content (AvgIpc) is 1.56. The van der Waals surface area contributed by atoms with E-state index in [-0.39, 0.29) is 42.5 Å². The fourth-order valence-electron chi connectivity index (χ4n) is 12.2. The Morgan fingerprint density at radius 3 is 1.51 bits per heavy atom. The molecule has 8 nitrogen and oxygen atoms in total. The van der Waals surface area contributed by atoms with Crippen molar-refractivity contribution in [3.63, 3.8) is 0 Å². The number of aliphatic imine (C=N–C) groups is 2. The Bertz CT molecular complexity index is 5160. The molecular formula is C82H68MgN8S2Zn+2. The Morgan fingerprint density at radius 1 is 0.479 bits per heavy atom. The summed E-state index contributed by atoms with van der Waals surface area (Å²) in [6, 6.07) is 55.0. The Hall–Kier alpha value is -9.05. The standard InChI is InChI=1S/C82H66N8S2.Mg.Zn/c1-49-47-50(2)79(51(3)48-49)82(77-43-36-67(87-77)53(5)60-27-31-64(92-10)32-28-60)78-44-39-72(90-78)56(8)71-37-41-74(88-71)80(73-14-12-46-84-73)61-21-17-57(18-22-61)15-16-58-19-23-62(24-20-58)81(75-40-35-66(86-75)52(4)59-25-29-63(91-9)30-26-59)76-42-38-70(89-76)55(7)69-34-33-68(85-69)54(6)65-13-11-45-83-65;;/h11-14,17-44,47-48H,4-5,45-46H2,1-3,6-10H3;;/q-4;2*+2/p+2/b68-54-,69-55-,71-56-,80-74-,81-76-,82-78+;;. The molecule has 4 aliphatic rings. The van der Waals surface area contributed by atoms with Crippen LogP contribution in [0.4, 0.5) is 0 Å². The van der Waals surface area contributed by atoms with Gasteiger partial charge in [-0.15, -0.1) is 67.7 Å². The van der Waals surface area contributed by atoms with Gasteiger partial charge < -0.3 is 19.9 Å². The maximum absolute atomic E-state index is 5.33. The normalized spacial score (nSPS) is 16.1. The molecule has 13 rings (SSSR count). The van der Waals surface area contributed by atoms with Crippen LogP contribution in [-0.2, 0) is 19.5 Å². The van der Waals surface area contributed by atoms with Gasteiger partial charge in [-0.05, 0) is 194 Å². The van der Waals surface area contributed by atoms with Crippen LogP contribution in [0.5, 0.6) is 0 Å². The molecule has 0 unspecified atom stereocenters. The van der Waals surface area contributed by atoms with Gasteiger partial charge in [-0.25, -0.2) is 15.0 Å². The Morgan fingerprint density at radius 2 is 0.979 bits per heavy atom. The molecule has 9 aromatic rings. The van der Waals surface area contributed by atoms with E-state index < -0.39 is 0 Å². The molecule has 0 amide bonds. The first-order chi connectivity index (χ1) is 44.8. The zero-order valence-corrected chi connectivity index (χ0v) is 60.4. The summed E-state index contributed by atoms with van der Waals surface area (Å²) >= 11 is 3.45. The van der Waals surface area contributed by atoms with Crippen LogP contribution in [0.1, 0.15) is 99.2 Å². The maximum atomic E-state index is 5.33. The summed E-state index contributed by atoms with van der Waals surface area (Å²) in [4.78, 5) is 40.5. The van der Waals surface area contributed by atoms with Crippen molar-refractivity contribution < 1.29 is 29.5 Å². The zero-order chi connectivity index (χ0) is 63.6. The fourth-order valence-corrected chi connectivity index (χ4v) is 13.0. The van der Waals surface area contributed by atoms with Crippen LogP contribution in [0, 0.1) is 32.6 Å². The van der Waals surface area contributed by atoms with E-state index in [1.54, 1.807) is 23.5 Å². The molecule has 0 saturated carbocycles. The number of hydrogen-bond donors (Lipinski definition) is 2. The summed E-state index contributed by atoms with van der Waals surface area (Å²) in [5, 5.41) is 3.58. The van der Waals surface area contributed by atoms with Crippen LogP contribution in [-0.4, -0.2) is 71.5 Å². The van der Waals surface area contributed by atoms with Gasteiger partial charge >= 0.3 is 42.5 Å². The van der Waals surface area contributed by atoms with Crippen molar-refractivity contribution in [3.05, 3.63) is 331 Å². The Kier molecular flexibility index (Phi) is 20.5. The van der Waals surface area contributed by atoms with E-state index in [9.17, 15) is 0 Å². The largest absolute Gasteiger partial charge is 2.00 e. The zero-order valence-electron chi connectivity index (χ0n) is 54.4. The minimum Gasteiger partial charge on any atom is -0.657 e. The molecule has 2 N–H and O–H groups in total. The monoisotopic (exact) mass is 1320 g/mol. The van der Waals surface area contributed by atoms with E-state index >= 15 is 0 Å². The number of aryl methyl sites for hydroxylation is 3. The van der Waals surface area contributed by atoms with Crippen molar-refractivity contribution >= 4 is 114 Å². The van der Waals surface area contributed by atoms with Gasteiger partial charge in [0.2, 0.25) is 17.1 Å². The van der Waals surface area contributed by atoms with Crippen LogP contribution in [0.25, 0.3) is 44.6 Å². The van der Waals surface area contributed by atoms with Gasteiger partial charge in [0.15, 0.2) is 6.54 Å². The van der Waals surface area contributed by atoms with Crippen molar-refractivity contribution in [2.24, 2.45) is 9.98 Å². The maximum Gasteiger partial charge on any atom is 2.00 e. The first-order valence-corrected chi connectivity index (χ1v) is 33.2. The van der Waals surface area contributed by atoms with Gasteiger partial charge in [0.1, 0.15) is 0 Å². The van der Waals surface area contributed by atoms with Crippen LogP contribution in [0.15, 0.2) is 251 Å². The fraction of sp³-hybridized carbons (Fsp3) is 0.122. The molecule has 8 heterocycles. The van der Waals surface area contributed by atoms with Gasteiger partial charge in [0.05, 0.1) is 23.7 Å². The molecule has 12 heteroatoms. The second-order valence-corrected chi connectivity index (χ2v) is 25.0. The van der Waals surface area contributed by atoms with Crippen LogP contribution < -0.4 is 51.3 Å². The molecule has 0 spiro atoms. The number of allylic oxidation sites excluding steroid dienone is 6. The molecule has 4 aromatic heterocycles. The Balaban J connectivity index is 0.00000451. The van der Waals surface area contributed by atoms with E-state index in [1.807, 2.05) is 6.07 Å². The third-order valence-corrected chi connectivity index (χ3v) is 18.7. The van der Waals surface area contributed by atoms with Crippen molar-refractivity contribution in [1.82, 2.24) is 19.9 Å². The first-order valence-electron chi connectivity index (χ1n) is 30.8. The molecule has 0 bridgehead atoms. The summed E-state index contributed by atoms with van der Waals surface area (Å²) in [7, 11) is 0. The number of nitrogens with zero attached hydrogens (tertiary/aromatic N) is 6. The van der Waals surface area contributed by atoms with E-state index in [0.717, 1.165) is 163 Å². The summed E-state index contributed by atoms with van der Waals surface area (Å²) < 4.78 is 0. The number of rotatable bonds is 15. The quantitative estimate of drug-likeness (QED) is 0.0602. The predicted molar refractivity (Wildman–Crippen MR) is 390 cm³/mol. The minimum atomic E-state index is 0. The molecule has 94 heavy (non-hydrogen) atoms. The third-order valence-electron chi connectivity index (χ3n) is 17.2. The van der Waals surface area contributed by atoms with Gasteiger partial charge in [-0.2, -0.15) is 0 Å². The molecule has 0 saturated heterocycles. The minimum absolute atomic E-state index is 0. The van der Waals surface area contributed by atoms with Crippen LogP contribution >= 0.6 is 23.5 Å². The van der Waals surface area contributed by atoms with Crippen molar-refractivity contribution in [2.75, 3.05) is 25.6 Å². The third kappa shape index (κ3) is 13.9. The van der Waals surface area contributed by atoms with Gasteiger partial charge in [-0.1, -0.05) is 146 Å². The number of benzene rings is 5. The van der Waals surface area contributed by atoms with Gasteiger partial charge in [0, 0.05) is 55.9 Å². The van der Waals surface area contributed by atoms with Crippen molar-refractivity contribution in [2.45, 2.75) is 51.3 Å². The van der Waals surface area contributed by atoms with E-state index in [4.69, 9.17) is 24.9 Å². The topological polar surface area (TPSA) is 109 Å². The molecule has 450 valence electrons. The van der Waals surface area contributed by atoms with Crippen LogP contribution in [0.2, 0.25) is 0 Å². The predicted octanol–water partition coefficient (Wildman–Crippen LogP) is 9.86. The number of nitrogens with one attached hydrogen (secondary N) is 2. The van der Waals surface area contributed by atoms with Gasteiger partial charge in [-0.3, -0.25) is 4.99 Å². The van der Waals surface area contributed by atoms with E-state index in [2.05, 4.69) is 294 Å². The number of hydrogen-bond acceptors (Lipinski definition) is 4. The van der Waals surface area contributed by atoms with E-state index in [0.29, 0.717) is 6.54 Å². The van der Waals surface area contributed by atoms with E-state index in [1.165, 1.54) is 32.0 Å². The molecule has 5 aromatic carbocycles. The van der Waals surface area contributed by atoms with Crippen molar-refractivity contribution in [1.29, 1.82) is 0 Å². The SMILES string of the molecule is C=C(c1ccc(SC)cc1)c1ccc(/C(=C2/C=CC(C(/C)=c3/cc/c(=C(\C)C4=NCC=C4)[n-]3)=N2)c2ccc(C#Cc3ccc(/C(C4=[NH+]CC=C4)=c4\cc/c(=C(\C)C5=[NH+]/C(=C(\c6ccc(C(=C)c7ccc(SC)cc7)[n-]6)c6c(C)cc(C)cc6C)C=C5)[n-]4)cc3)cc2)[n-]1.[Mg+2].[Zn+2]. The smallest absolute Gasteiger partial charge is 0.657 e. The van der Waals surface area contributed by atoms with Crippen molar-refractivity contribution in [3.8, 4) is 11.8 Å². The number of thioether (sulfide) groups is 2. The van der Waals surface area contributed by atoms with Gasteiger partial charge in [0.25, 0.3) is 0 Å². The molecule has 0 fully saturated rings. The molecule has 4 aliphatic heterocycles. The summed E-state index contributed by atoms with van der Waals surface area (Å²) in [6.45, 7) is 23.2. The molecular weight excluding hydrogens is 1250 g/mol. The second-order valence-electron chi connectivity index (χ2n) is 23.3. The first kappa shape index (κ1) is 66.4. The molecule has 0 atom stereocenters. The number of aromatic nitrogens is 4. The second kappa shape index (κ2) is 29.1. The molecule has 0 aliphatic carbocycles. The summed E-state index contributed by atoms with van der Waals surface area (Å²) in [6.07, 6.45) is 21.1. The average molecular weight is 1320 g/mol. The van der Waals surface area contributed by atoms with Crippen LogP contribution in [0.3, 0.4) is 0 Å². The molecule has 0 radical (unpaired) electrons. The Labute approximate surface area is 588 Å². The summed E-state index contributed by atoms with van der Waals surface area (Å²) in [5.74, 6) is 6.89.